The fraction of sp³-hybridized carbons (Fsp3) is 0.0909. The molecular formula is C11H5Cl2F3N2O2. The molecule has 0 bridgehead atoms. The maximum Gasteiger partial charge on any atom is 0.416 e. The Bertz CT molecular complexity index is 660. The van der Waals surface area contributed by atoms with Gasteiger partial charge in [-0.05, 0) is 18.2 Å². The molecule has 0 amide bonds. The molecule has 0 fully saturated rings. The fourth-order valence-corrected chi connectivity index (χ4v) is 2.22. The molecule has 0 saturated heterocycles. The average molecular weight is 325 g/mol. The molecular weight excluding hydrogens is 320 g/mol. The van der Waals surface area contributed by atoms with Gasteiger partial charge in [-0.1, -0.05) is 23.2 Å². The molecule has 9 heteroatoms. The summed E-state index contributed by atoms with van der Waals surface area (Å²) in [5.74, 6) is -1.31. The molecule has 1 heterocycles. The van der Waals surface area contributed by atoms with E-state index in [0.29, 0.717) is 12.1 Å². The second kappa shape index (κ2) is 4.99. The molecule has 1 aromatic carbocycles. The quantitative estimate of drug-likeness (QED) is 0.911. The molecule has 0 aliphatic carbocycles. The van der Waals surface area contributed by atoms with Crippen molar-refractivity contribution in [2.24, 2.45) is 0 Å². The highest BCUT2D eigenvalue weighted by Gasteiger charge is 2.32. The maximum absolute atomic E-state index is 12.6. The zero-order chi connectivity index (χ0) is 15.1. The number of aromatic carboxylic acids is 1. The molecule has 2 rings (SSSR count). The predicted molar refractivity (Wildman–Crippen MR) is 65.5 cm³/mol. The Morgan fingerprint density at radius 2 is 1.80 bits per heavy atom. The van der Waals surface area contributed by atoms with Crippen LogP contribution in [0.1, 0.15) is 16.1 Å². The second-order valence-corrected chi connectivity index (χ2v) is 4.53. The van der Waals surface area contributed by atoms with Crippen LogP contribution in [0.4, 0.5) is 13.2 Å². The van der Waals surface area contributed by atoms with E-state index in [-0.39, 0.29) is 21.4 Å². The number of carboxylic acids is 1. The predicted octanol–water partition coefficient (Wildman–Crippen LogP) is 3.90. The minimum atomic E-state index is -4.61. The molecule has 0 radical (unpaired) electrons. The molecule has 1 N–H and O–H groups in total. The lowest BCUT2D eigenvalue weighted by Crippen LogP contribution is -2.11. The number of hydrogen-bond acceptors (Lipinski definition) is 2. The van der Waals surface area contributed by atoms with Crippen LogP contribution in [0.2, 0.25) is 10.0 Å². The lowest BCUT2D eigenvalue weighted by molar-refractivity contribution is -0.137. The van der Waals surface area contributed by atoms with Crippen molar-refractivity contribution in [1.29, 1.82) is 0 Å². The minimum Gasteiger partial charge on any atom is -0.477 e. The molecule has 4 nitrogen and oxygen atoms in total. The van der Waals surface area contributed by atoms with Gasteiger partial charge in [-0.25, -0.2) is 9.48 Å². The lowest BCUT2D eigenvalue weighted by atomic mass is 10.2. The van der Waals surface area contributed by atoms with E-state index < -0.39 is 17.7 Å². The summed E-state index contributed by atoms with van der Waals surface area (Å²) in [4.78, 5) is 11.0. The van der Waals surface area contributed by atoms with E-state index in [1.807, 2.05) is 0 Å². The Morgan fingerprint density at radius 3 is 2.25 bits per heavy atom. The summed E-state index contributed by atoms with van der Waals surface area (Å²) in [5, 5.41) is 12.0. The fourth-order valence-electron chi connectivity index (χ4n) is 1.57. The van der Waals surface area contributed by atoms with Crippen LogP contribution in [0.5, 0.6) is 0 Å². The van der Waals surface area contributed by atoms with Crippen LogP contribution in [-0.2, 0) is 6.18 Å². The van der Waals surface area contributed by atoms with E-state index in [9.17, 15) is 18.0 Å². The number of alkyl halides is 3. The van der Waals surface area contributed by atoms with Crippen LogP contribution in [0, 0.1) is 0 Å². The van der Waals surface area contributed by atoms with Crippen molar-refractivity contribution in [2.45, 2.75) is 6.18 Å². The van der Waals surface area contributed by atoms with E-state index in [0.717, 1.165) is 4.68 Å². The first-order valence-electron chi connectivity index (χ1n) is 5.05. The largest absolute Gasteiger partial charge is 0.477 e. The van der Waals surface area contributed by atoms with Gasteiger partial charge < -0.3 is 5.11 Å². The van der Waals surface area contributed by atoms with Gasteiger partial charge in [0.25, 0.3) is 0 Å². The van der Waals surface area contributed by atoms with Crippen molar-refractivity contribution < 1.29 is 23.1 Å². The van der Waals surface area contributed by atoms with Crippen LogP contribution >= 0.6 is 23.2 Å². The van der Waals surface area contributed by atoms with Gasteiger partial charge in [-0.15, -0.1) is 0 Å². The third-order valence-corrected chi connectivity index (χ3v) is 2.99. The second-order valence-electron chi connectivity index (χ2n) is 3.72. The van der Waals surface area contributed by atoms with E-state index in [1.54, 1.807) is 0 Å². The van der Waals surface area contributed by atoms with Gasteiger partial charge in [0.15, 0.2) is 5.69 Å². The lowest BCUT2D eigenvalue weighted by Gasteiger charge is -2.13. The van der Waals surface area contributed by atoms with Crippen LogP contribution in [0.3, 0.4) is 0 Å². The molecule has 106 valence electrons. The van der Waals surface area contributed by atoms with Gasteiger partial charge in [-0.2, -0.15) is 18.3 Å². The van der Waals surface area contributed by atoms with Crippen molar-refractivity contribution in [3.05, 3.63) is 45.7 Å². The van der Waals surface area contributed by atoms with E-state index >= 15 is 0 Å². The number of hydrogen-bond donors (Lipinski definition) is 1. The molecule has 0 unspecified atom stereocenters. The van der Waals surface area contributed by atoms with E-state index in [1.165, 1.54) is 12.3 Å². The Kier molecular flexibility index (Phi) is 3.66. The molecule has 0 spiro atoms. The molecule has 20 heavy (non-hydrogen) atoms. The van der Waals surface area contributed by atoms with Gasteiger partial charge in [0.2, 0.25) is 0 Å². The van der Waals surface area contributed by atoms with Crippen LogP contribution < -0.4 is 0 Å². The highest BCUT2D eigenvalue weighted by molar-refractivity contribution is 6.38. The third kappa shape index (κ3) is 2.59. The maximum atomic E-state index is 12.6. The Hall–Kier alpha value is -1.73. The van der Waals surface area contributed by atoms with Gasteiger partial charge in [0, 0.05) is 0 Å². The number of rotatable bonds is 2. The summed E-state index contributed by atoms with van der Waals surface area (Å²) >= 11 is 11.5. The normalized spacial score (nSPS) is 11.7. The topological polar surface area (TPSA) is 55.1 Å². The summed E-state index contributed by atoms with van der Waals surface area (Å²) < 4.78 is 38.7. The molecule has 0 atom stereocenters. The Morgan fingerprint density at radius 1 is 1.25 bits per heavy atom. The van der Waals surface area contributed by atoms with Gasteiger partial charge in [0.05, 0.1) is 21.8 Å². The third-order valence-electron chi connectivity index (χ3n) is 2.42. The van der Waals surface area contributed by atoms with E-state index in [2.05, 4.69) is 5.10 Å². The molecule has 1 aromatic heterocycles. The number of carbonyl (C=O) groups is 1. The first-order valence-corrected chi connectivity index (χ1v) is 5.81. The molecule has 0 aliphatic heterocycles. The highest BCUT2D eigenvalue weighted by atomic mass is 35.5. The van der Waals surface area contributed by atoms with Crippen molar-refractivity contribution in [3.63, 3.8) is 0 Å². The average Bonchev–Trinajstić information content (AvgIpc) is 2.75. The molecule has 2 aromatic rings. The minimum absolute atomic E-state index is 0.122. The van der Waals surface area contributed by atoms with Gasteiger partial charge in [0.1, 0.15) is 5.69 Å². The van der Waals surface area contributed by atoms with Crippen molar-refractivity contribution in [3.8, 4) is 5.69 Å². The first-order chi connectivity index (χ1) is 9.21. The summed E-state index contributed by atoms with van der Waals surface area (Å²) in [6, 6.07) is 2.50. The van der Waals surface area contributed by atoms with Crippen molar-refractivity contribution in [1.82, 2.24) is 9.78 Å². The summed E-state index contributed by atoms with van der Waals surface area (Å²) in [5.41, 5.74) is -1.42. The van der Waals surface area contributed by atoms with Crippen molar-refractivity contribution >= 4 is 29.2 Å². The Labute approximate surface area is 120 Å². The number of halogens is 5. The monoisotopic (exact) mass is 324 g/mol. The zero-order valence-electron chi connectivity index (χ0n) is 9.45. The van der Waals surface area contributed by atoms with Crippen LogP contribution in [-0.4, -0.2) is 20.9 Å². The number of carboxylic acid groups (broad SMARTS) is 1. The molecule has 0 saturated carbocycles. The van der Waals surface area contributed by atoms with Gasteiger partial charge >= 0.3 is 12.1 Å². The standard InChI is InChI=1S/C11H5Cl2F3N2O2/c12-6-3-5(11(14,15)16)4-7(13)9(6)18-8(10(19)20)1-2-17-18/h1-4H,(H,19,20). The first kappa shape index (κ1) is 14.7. The Balaban J connectivity index is 2.65. The number of benzene rings is 1. The summed E-state index contributed by atoms with van der Waals surface area (Å²) in [7, 11) is 0. The van der Waals surface area contributed by atoms with Crippen molar-refractivity contribution in [2.75, 3.05) is 0 Å². The highest BCUT2D eigenvalue weighted by Crippen LogP contribution is 2.37. The SMILES string of the molecule is O=C(O)c1ccnn1-c1c(Cl)cc(C(F)(F)F)cc1Cl. The summed E-state index contributed by atoms with van der Waals surface area (Å²) in [6.07, 6.45) is -3.43. The number of nitrogens with zero attached hydrogens (tertiary/aromatic N) is 2. The smallest absolute Gasteiger partial charge is 0.416 e. The van der Waals surface area contributed by atoms with Gasteiger partial charge in [-0.3, -0.25) is 0 Å². The van der Waals surface area contributed by atoms with E-state index in [4.69, 9.17) is 28.3 Å². The van der Waals surface area contributed by atoms with Crippen LogP contribution in [0.25, 0.3) is 5.69 Å². The van der Waals surface area contributed by atoms with Crippen LogP contribution in [0.15, 0.2) is 24.4 Å². The zero-order valence-corrected chi connectivity index (χ0v) is 11.0. The molecule has 0 aliphatic rings. The summed E-state index contributed by atoms with van der Waals surface area (Å²) in [6.45, 7) is 0. The number of aromatic nitrogens is 2.